The maximum Gasteiger partial charge on any atom is 0.225 e. The first-order valence-electron chi connectivity index (χ1n) is 8.18. The molecular formula is C17H22N4O. The van der Waals surface area contributed by atoms with Crippen LogP contribution in [0.15, 0.2) is 18.3 Å². The van der Waals surface area contributed by atoms with Gasteiger partial charge in [0.1, 0.15) is 11.9 Å². The van der Waals surface area contributed by atoms with E-state index in [1.54, 1.807) is 18.3 Å². The van der Waals surface area contributed by atoms with Crippen LogP contribution < -0.4 is 4.90 Å². The van der Waals surface area contributed by atoms with E-state index in [9.17, 15) is 10.1 Å². The van der Waals surface area contributed by atoms with Gasteiger partial charge in [-0.15, -0.1) is 0 Å². The van der Waals surface area contributed by atoms with Crippen molar-refractivity contribution >= 4 is 11.7 Å². The van der Waals surface area contributed by atoms with Crippen LogP contribution in [-0.4, -0.2) is 42.0 Å². The second-order valence-electron chi connectivity index (χ2n) is 6.13. The molecule has 1 aliphatic heterocycles. The molecule has 0 atom stereocenters. The molecule has 0 aromatic carbocycles. The van der Waals surface area contributed by atoms with Crippen LogP contribution in [0.25, 0.3) is 0 Å². The summed E-state index contributed by atoms with van der Waals surface area (Å²) in [6.07, 6.45) is 7.14. The Labute approximate surface area is 131 Å². The van der Waals surface area contributed by atoms with Crippen molar-refractivity contribution in [3.05, 3.63) is 23.9 Å². The number of carbonyl (C=O) groups excluding carboxylic acids is 1. The summed E-state index contributed by atoms with van der Waals surface area (Å²) in [7, 11) is 0. The Morgan fingerprint density at radius 1 is 1.18 bits per heavy atom. The van der Waals surface area contributed by atoms with Gasteiger partial charge in [0, 0.05) is 38.3 Å². The Hall–Kier alpha value is -2.09. The van der Waals surface area contributed by atoms with Crippen molar-refractivity contribution in [3.63, 3.8) is 0 Å². The molecule has 1 aromatic rings. The Morgan fingerprint density at radius 2 is 2.00 bits per heavy atom. The minimum absolute atomic E-state index is 0.246. The van der Waals surface area contributed by atoms with E-state index >= 15 is 0 Å². The number of hydrogen-bond donors (Lipinski definition) is 0. The summed E-state index contributed by atoms with van der Waals surface area (Å²) >= 11 is 0. The molecule has 0 N–H and O–H groups in total. The highest BCUT2D eigenvalue weighted by molar-refractivity contribution is 5.79. The number of rotatable bonds is 2. The number of amides is 1. The van der Waals surface area contributed by atoms with E-state index in [2.05, 4.69) is 16.0 Å². The molecule has 5 heteroatoms. The van der Waals surface area contributed by atoms with Gasteiger partial charge in [-0.1, -0.05) is 12.8 Å². The molecular weight excluding hydrogens is 276 g/mol. The Kier molecular flexibility index (Phi) is 4.57. The van der Waals surface area contributed by atoms with Crippen LogP contribution in [0.4, 0.5) is 5.82 Å². The van der Waals surface area contributed by atoms with Crippen molar-refractivity contribution in [1.29, 1.82) is 5.26 Å². The number of nitrogens with zero attached hydrogens (tertiary/aromatic N) is 4. The van der Waals surface area contributed by atoms with E-state index in [0.717, 1.165) is 51.3 Å². The van der Waals surface area contributed by atoms with E-state index < -0.39 is 0 Å². The van der Waals surface area contributed by atoms with Gasteiger partial charge in [0.2, 0.25) is 5.91 Å². The molecule has 1 amide bonds. The third-order valence-corrected chi connectivity index (χ3v) is 4.72. The third-order valence-electron chi connectivity index (χ3n) is 4.72. The van der Waals surface area contributed by atoms with Crippen LogP contribution in [0.2, 0.25) is 0 Å². The van der Waals surface area contributed by atoms with E-state index in [0.29, 0.717) is 11.5 Å². The van der Waals surface area contributed by atoms with Crippen molar-refractivity contribution < 1.29 is 4.79 Å². The lowest BCUT2D eigenvalue weighted by Crippen LogP contribution is -2.38. The van der Waals surface area contributed by atoms with Crippen LogP contribution in [0, 0.1) is 17.2 Å². The maximum absolute atomic E-state index is 12.6. The average molecular weight is 298 g/mol. The van der Waals surface area contributed by atoms with Crippen LogP contribution in [0.3, 0.4) is 0 Å². The highest BCUT2D eigenvalue weighted by Crippen LogP contribution is 2.27. The molecule has 2 aliphatic rings. The lowest BCUT2D eigenvalue weighted by Gasteiger charge is -2.25. The van der Waals surface area contributed by atoms with Gasteiger partial charge in [-0.2, -0.15) is 5.26 Å². The average Bonchev–Trinajstić information content (AvgIpc) is 2.99. The molecule has 0 bridgehead atoms. The monoisotopic (exact) mass is 298 g/mol. The van der Waals surface area contributed by atoms with Crippen LogP contribution in [0.5, 0.6) is 0 Å². The molecule has 1 aromatic heterocycles. The molecule has 1 saturated heterocycles. The van der Waals surface area contributed by atoms with Crippen molar-refractivity contribution in [2.75, 3.05) is 31.1 Å². The summed E-state index contributed by atoms with van der Waals surface area (Å²) in [6.45, 7) is 3.15. The first-order valence-corrected chi connectivity index (χ1v) is 8.18. The zero-order valence-electron chi connectivity index (χ0n) is 12.9. The van der Waals surface area contributed by atoms with Crippen molar-refractivity contribution in [2.24, 2.45) is 5.92 Å². The number of carbonyl (C=O) groups is 1. The van der Waals surface area contributed by atoms with Gasteiger partial charge < -0.3 is 9.80 Å². The van der Waals surface area contributed by atoms with Crippen molar-refractivity contribution in [3.8, 4) is 6.07 Å². The molecule has 3 rings (SSSR count). The summed E-state index contributed by atoms with van der Waals surface area (Å²) < 4.78 is 0. The minimum atomic E-state index is 0.246. The zero-order valence-corrected chi connectivity index (χ0v) is 12.9. The largest absolute Gasteiger partial charge is 0.354 e. The van der Waals surface area contributed by atoms with Crippen LogP contribution in [0.1, 0.15) is 37.7 Å². The summed E-state index contributed by atoms with van der Waals surface area (Å²) in [5.74, 6) is 1.33. The molecule has 5 nitrogen and oxygen atoms in total. The topological polar surface area (TPSA) is 60.2 Å². The van der Waals surface area contributed by atoms with Gasteiger partial charge in [-0.05, 0) is 31.4 Å². The van der Waals surface area contributed by atoms with Gasteiger partial charge in [-0.25, -0.2) is 4.98 Å². The third kappa shape index (κ3) is 3.06. The number of pyridine rings is 1. The summed E-state index contributed by atoms with van der Waals surface area (Å²) in [5, 5.41) is 9.22. The van der Waals surface area contributed by atoms with Crippen molar-refractivity contribution in [2.45, 2.75) is 32.1 Å². The molecule has 0 unspecified atom stereocenters. The zero-order chi connectivity index (χ0) is 15.4. The summed E-state index contributed by atoms with van der Waals surface area (Å²) in [6, 6.07) is 5.80. The van der Waals surface area contributed by atoms with E-state index in [-0.39, 0.29) is 5.92 Å². The lowest BCUT2D eigenvalue weighted by molar-refractivity contribution is -0.135. The Bertz CT molecular complexity index is 574. The van der Waals surface area contributed by atoms with Crippen molar-refractivity contribution in [1.82, 2.24) is 9.88 Å². The molecule has 116 valence electrons. The fourth-order valence-corrected chi connectivity index (χ4v) is 3.52. The van der Waals surface area contributed by atoms with E-state index in [1.165, 1.54) is 12.8 Å². The fourth-order valence-electron chi connectivity index (χ4n) is 3.52. The van der Waals surface area contributed by atoms with Gasteiger partial charge in [0.05, 0.1) is 5.56 Å². The Morgan fingerprint density at radius 3 is 2.77 bits per heavy atom. The van der Waals surface area contributed by atoms with Gasteiger partial charge >= 0.3 is 0 Å². The maximum atomic E-state index is 12.6. The number of aromatic nitrogens is 1. The molecule has 1 saturated carbocycles. The van der Waals surface area contributed by atoms with Gasteiger partial charge in [-0.3, -0.25) is 4.79 Å². The van der Waals surface area contributed by atoms with Gasteiger partial charge in [0.25, 0.3) is 0 Å². The predicted molar refractivity (Wildman–Crippen MR) is 84.3 cm³/mol. The first-order chi connectivity index (χ1) is 10.8. The molecule has 0 radical (unpaired) electrons. The van der Waals surface area contributed by atoms with Gasteiger partial charge in [0.15, 0.2) is 0 Å². The SMILES string of the molecule is N#Cc1cccnc1N1CCCN(C(=O)C2CCCC2)CC1. The van der Waals surface area contributed by atoms with Crippen LogP contribution >= 0.6 is 0 Å². The number of hydrogen-bond acceptors (Lipinski definition) is 4. The minimum Gasteiger partial charge on any atom is -0.354 e. The van der Waals surface area contributed by atoms with Crippen LogP contribution in [-0.2, 0) is 4.79 Å². The second kappa shape index (κ2) is 6.78. The standard InChI is InChI=1S/C17H22N4O/c18-13-15-7-3-8-19-16(15)20-9-4-10-21(12-11-20)17(22)14-5-1-2-6-14/h3,7-8,14H,1-2,4-6,9-12H2. The number of anilines is 1. The smallest absolute Gasteiger partial charge is 0.225 e. The fraction of sp³-hybridized carbons (Fsp3) is 0.588. The number of nitriles is 1. The highest BCUT2D eigenvalue weighted by Gasteiger charge is 2.28. The Balaban J connectivity index is 1.67. The highest BCUT2D eigenvalue weighted by atomic mass is 16.2. The lowest BCUT2D eigenvalue weighted by atomic mass is 10.1. The first kappa shape index (κ1) is 14.8. The molecule has 2 fully saturated rings. The van der Waals surface area contributed by atoms with E-state index in [1.807, 2.05) is 4.90 Å². The van der Waals surface area contributed by atoms with E-state index in [4.69, 9.17) is 0 Å². The summed E-state index contributed by atoms with van der Waals surface area (Å²) in [4.78, 5) is 21.1. The molecule has 22 heavy (non-hydrogen) atoms. The second-order valence-corrected chi connectivity index (χ2v) is 6.13. The predicted octanol–water partition coefficient (Wildman–Crippen LogP) is 2.18. The summed E-state index contributed by atoms with van der Waals surface area (Å²) in [5.41, 5.74) is 0.609. The quantitative estimate of drug-likeness (QED) is 0.839. The molecule has 0 spiro atoms. The normalized spacial score (nSPS) is 19.8. The molecule has 1 aliphatic carbocycles. The molecule has 2 heterocycles.